The monoisotopic (exact) mass is 232 g/mol. The molecule has 90 valence electrons. The molecule has 1 atom stereocenters. The van der Waals surface area contributed by atoms with Crippen LogP contribution in [0.15, 0.2) is 18.2 Å². The molecule has 2 nitrogen and oxygen atoms in total. The zero-order valence-corrected chi connectivity index (χ0v) is 10.1. The number of benzene rings is 1. The Bertz CT molecular complexity index is 430. The first-order chi connectivity index (χ1) is 8.22. The van der Waals surface area contributed by atoms with Crippen molar-refractivity contribution in [2.75, 3.05) is 13.1 Å². The molecule has 0 radical (unpaired) electrons. The number of rotatable bonds is 2. The van der Waals surface area contributed by atoms with E-state index in [1.165, 1.54) is 18.6 Å². The molecule has 0 saturated carbocycles. The lowest BCUT2D eigenvalue weighted by molar-refractivity contribution is 0.195. The predicted molar refractivity (Wildman–Crippen MR) is 64.9 cm³/mol. The summed E-state index contributed by atoms with van der Waals surface area (Å²) in [5.41, 5.74) is 1.80. The van der Waals surface area contributed by atoms with Gasteiger partial charge in [0.1, 0.15) is 11.9 Å². The van der Waals surface area contributed by atoms with Gasteiger partial charge in [-0.15, -0.1) is 0 Å². The molecular formula is C14H17FN2. The van der Waals surface area contributed by atoms with Crippen LogP contribution in [-0.2, 0) is 0 Å². The number of nitriles is 1. The van der Waals surface area contributed by atoms with Crippen molar-refractivity contribution in [2.24, 2.45) is 0 Å². The Morgan fingerprint density at radius 1 is 1.29 bits per heavy atom. The average molecular weight is 232 g/mol. The van der Waals surface area contributed by atoms with Crippen molar-refractivity contribution < 1.29 is 4.39 Å². The number of nitrogens with zero attached hydrogens (tertiary/aromatic N) is 2. The van der Waals surface area contributed by atoms with E-state index in [2.05, 4.69) is 11.0 Å². The third kappa shape index (κ3) is 2.65. The molecule has 1 aromatic carbocycles. The zero-order chi connectivity index (χ0) is 12.3. The number of piperidine rings is 1. The maximum Gasteiger partial charge on any atom is 0.124 e. The van der Waals surface area contributed by atoms with Gasteiger partial charge in [0.2, 0.25) is 0 Å². The van der Waals surface area contributed by atoms with Crippen LogP contribution in [0.4, 0.5) is 4.39 Å². The lowest BCUT2D eigenvalue weighted by Gasteiger charge is -2.31. The van der Waals surface area contributed by atoms with Gasteiger partial charge in [0.25, 0.3) is 0 Å². The van der Waals surface area contributed by atoms with Crippen LogP contribution in [0.1, 0.15) is 36.4 Å². The average Bonchev–Trinajstić information content (AvgIpc) is 2.34. The van der Waals surface area contributed by atoms with E-state index >= 15 is 0 Å². The minimum Gasteiger partial charge on any atom is -0.284 e. The van der Waals surface area contributed by atoms with Gasteiger partial charge < -0.3 is 0 Å². The highest BCUT2D eigenvalue weighted by Crippen LogP contribution is 2.26. The quantitative estimate of drug-likeness (QED) is 0.783. The van der Waals surface area contributed by atoms with Crippen LogP contribution in [0.5, 0.6) is 0 Å². The molecule has 3 heteroatoms. The molecule has 0 aromatic heterocycles. The minimum absolute atomic E-state index is 0.226. The van der Waals surface area contributed by atoms with E-state index in [1.54, 1.807) is 6.07 Å². The number of halogens is 1. The molecule has 1 aromatic rings. The molecule has 1 aliphatic heterocycles. The Morgan fingerprint density at radius 3 is 2.59 bits per heavy atom. The van der Waals surface area contributed by atoms with Crippen LogP contribution in [-0.4, -0.2) is 18.0 Å². The molecule has 0 spiro atoms. The van der Waals surface area contributed by atoms with E-state index in [0.29, 0.717) is 0 Å². The van der Waals surface area contributed by atoms with E-state index in [-0.39, 0.29) is 11.9 Å². The number of likely N-dealkylation sites (tertiary alicyclic amines) is 1. The summed E-state index contributed by atoms with van der Waals surface area (Å²) in [6.07, 6.45) is 3.55. The first-order valence-corrected chi connectivity index (χ1v) is 6.12. The standard InChI is InChI=1S/C14H17FN2/c1-11-9-12(15)5-6-13(11)14(10-16)17-7-3-2-4-8-17/h5-6,9,14H,2-4,7-8H2,1H3. The molecule has 0 amide bonds. The van der Waals surface area contributed by atoms with Crippen molar-refractivity contribution in [1.82, 2.24) is 4.90 Å². The molecule has 2 rings (SSSR count). The summed E-state index contributed by atoms with van der Waals surface area (Å²) in [5.74, 6) is -0.235. The van der Waals surface area contributed by atoms with Crippen LogP contribution in [0, 0.1) is 24.1 Å². The highest BCUT2D eigenvalue weighted by atomic mass is 19.1. The van der Waals surface area contributed by atoms with Crippen LogP contribution in [0.25, 0.3) is 0 Å². The minimum atomic E-state index is -0.235. The largest absolute Gasteiger partial charge is 0.284 e. The summed E-state index contributed by atoms with van der Waals surface area (Å²) in [6.45, 7) is 3.80. The number of hydrogen-bond acceptors (Lipinski definition) is 2. The van der Waals surface area contributed by atoms with Gasteiger partial charge in [-0.25, -0.2) is 4.39 Å². The van der Waals surface area contributed by atoms with E-state index in [0.717, 1.165) is 37.1 Å². The summed E-state index contributed by atoms with van der Waals surface area (Å²) < 4.78 is 13.1. The predicted octanol–water partition coefficient (Wildman–Crippen LogP) is 3.18. The molecule has 0 bridgehead atoms. The Hall–Kier alpha value is -1.40. The third-order valence-electron chi connectivity index (χ3n) is 3.40. The van der Waals surface area contributed by atoms with Crippen molar-refractivity contribution in [2.45, 2.75) is 32.2 Å². The fourth-order valence-electron chi connectivity index (χ4n) is 2.47. The van der Waals surface area contributed by atoms with Gasteiger partial charge in [-0.05, 0) is 56.1 Å². The molecular weight excluding hydrogens is 215 g/mol. The third-order valence-corrected chi connectivity index (χ3v) is 3.40. The Balaban J connectivity index is 2.25. The van der Waals surface area contributed by atoms with E-state index < -0.39 is 0 Å². The van der Waals surface area contributed by atoms with E-state index in [4.69, 9.17) is 0 Å². The van der Waals surface area contributed by atoms with Crippen LogP contribution >= 0.6 is 0 Å². The second kappa shape index (κ2) is 5.29. The second-order valence-electron chi connectivity index (χ2n) is 4.63. The van der Waals surface area contributed by atoms with Gasteiger partial charge in [0.05, 0.1) is 6.07 Å². The van der Waals surface area contributed by atoms with Gasteiger partial charge in [-0.1, -0.05) is 12.5 Å². The topological polar surface area (TPSA) is 27.0 Å². The highest BCUT2D eigenvalue weighted by molar-refractivity contribution is 5.33. The SMILES string of the molecule is Cc1cc(F)ccc1C(C#N)N1CCCCC1. The molecule has 1 fully saturated rings. The highest BCUT2D eigenvalue weighted by Gasteiger charge is 2.23. The second-order valence-corrected chi connectivity index (χ2v) is 4.63. The summed E-state index contributed by atoms with van der Waals surface area (Å²) in [5, 5.41) is 9.34. The van der Waals surface area contributed by atoms with Crippen molar-refractivity contribution in [3.8, 4) is 6.07 Å². The fourth-order valence-corrected chi connectivity index (χ4v) is 2.47. The van der Waals surface area contributed by atoms with Gasteiger partial charge in [-0.3, -0.25) is 4.90 Å². The number of hydrogen-bond donors (Lipinski definition) is 0. The normalized spacial score (nSPS) is 18.6. The Morgan fingerprint density at radius 2 is 2.00 bits per heavy atom. The van der Waals surface area contributed by atoms with Crippen LogP contribution in [0.2, 0.25) is 0 Å². The Labute approximate surface area is 102 Å². The molecule has 17 heavy (non-hydrogen) atoms. The first-order valence-electron chi connectivity index (χ1n) is 6.12. The van der Waals surface area contributed by atoms with Gasteiger partial charge in [-0.2, -0.15) is 5.26 Å². The maximum atomic E-state index is 13.1. The van der Waals surface area contributed by atoms with Crippen LogP contribution in [0.3, 0.4) is 0 Å². The molecule has 1 heterocycles. The molecule has 1 unspecified atom stereocenters. The summed E-state index contributed by atoms with van der Waals surface area (Å²) >= 11 is 0. The van der Waals surface area contributed by atoms with Crippen molar-refractivity contribution in [1.29, 1.82) is 5.26 Å². The summed E-state index contributed by atoms with van der Waals surface area (Å²) in [7, 11) is 0. The van der Waals surface area contributed by atoms with Crippen LogP contribution < -0.4 is 0 Å². The lowest BCUT2D eigenvalue weighted by atomic mass is 9.98. The van der Waals surface area contributed by atoms with Gasteiger partial charge in [0.15, 0.2) is 0 Å². The van der Waals surface area contributed by atoms with Gasteiger partial charge in [0, 0.05) is 0 Å². The fraction of sp³-hybridized carbons (Fsp3) is 0.500. The van der Waals surface area contributed by atoms with E-state index in [9.17, 15) is 9.65 Å². The maximum absolute atomic E-state index is 13.1. The molecule has 1 aliphatic rings. The number of aryl methyl sites for hydroxylation is 1. The summed E-state index contributed by atoms with van der Waals surface area (Å²) in [6, 6.07) is 6.81. The molecule has 0 N–H and O–H groups in total. The van der Waals surface area contributed by atoms with Gasteiger partial charge >= 0.3 is 0 Å². The smallest absolute Gasteiger partial charge is 0.124 e. The first kappa shape index (κ1) is 12.1. The van der Waals surface area contributed by atoms with Crippen molar-refractivity contribution >= 4 is 0 Å². The van der Waals surface area contributed by atoms with E-state index in [1.807, 2.05) is 6.92 Å². The molecule has 0 aliphatic carbocycles. The summed E-state index contributed by atoms with van der Waals surface area (Å²) in [4.78, 5) is 2.20. The van der Waals surface area contributed by atoms with Crippen molar-refractivity contribution in [3.63, 3.8) is 0 Å². The lowest BCUT2D eigenvalue weighted by Crippen LogP contribution is -2.33. The molecule has 1 saturated heterocycles. The Kier molecular flexibility index (Phi) is 3.75. The zero-order valence-electron chi connectivity index (χ0n) is 10.1. The van der Waals surface area contributed by atoms with Crippen molar-refractivity contribution in [3.05, 3.63) is 35.1 Å².